The molecule has 0 heterocycles. The fraction of sp³-hybridized carbons (Fsp3) is 0.458. The molecule has 0 aliphatic heterocycles. The molecule has 7 heteroatoms. The Hall–Kier alpha value is -2.54. The first kappa shape index (κ1) is 24.7. The molecule has 0 radical (unpaired) electrons. The molecule has 0 fully saturated rings. The van der Waals surface area contributed by atoms with E-state index in [4.69, 9.17) is 4.74 Å². The number of sulfonamides is 1. The third kappa shape index (κ3) is 7.58. The van der Waals surface area contributed by atoms with Crippen molar-refractivity contribution in [3.63, 3.8) is 0 Å². The summed E-state index contributed by atoms with van der Waals surface area (Å²) in [5.74, 6) is 0.917. The van der Waals surface area contributed by atoms with Gasteiger partial charge in [-0.15, -0.1) is 0 Å². The number of para-hydroxylation sites is 1. The van der Waals surface area contributed by atoms with Crippen LogP contribution in [0.2, 0.25) is 0 Å². The largest absolute Gasteiger partial charge is 0.457 e. The van der Waals surface area contributed by atoms with Crippen LogP contribution in [-0.4, -0.2) is 32.2 Å². The number of carbonyl (C=O) groups excluding carboxylic acids is 1. The summed E-state index contributed by atoms with van der Waals surface area (Å²) in [6.07, 6.45) is 1.86. The molecule has 0 saturated carbocycles. The average molecular weight is 447 g/mol. The van der Waals surface area contributed by atoms with E-state index >= 15 is 0 Å². The predicted molar refractivity (Wildman–Crippen MR) is 126 cm³/mol. The van der Waals surface area contributed by atoms with Gasteiger partial charge in [0.05, 0.1) is 11.9 Å². The van der Waals surface area contributed by atoms with Crippen LogP contribution in [0, 0.1) is 5.41 Å². The first-order valence-corrected chi connectivity index (χ1v) is 12.2. The van der Waals surface area contributed by atoms with Gasteiger partial charge in [-0.25, -0.2) is 8.42 Å². The number of rotatable bonds is 8. The summed E-state index contributed by atoms with van der Waals surface area (Å²) in [6.45, 7) is 11.8. The van der Waals surface area contributed by atoms with Gasteiger partial charge in [0.2, 0.25) is 15.9 Å². The van der Waals surface area contributed by atoms with Gasteiger partial charge >= 0.3 is 0 Å². The third-order valence-corrected chi connectivity index (χ3v) is 5.83. The molecule has 6 nitrogen and oxygen atoms in total. The Bertz CT molecular complexity index is 978. The number of amides is 1. The number of hydrogen-bond donors (Lipinski definition) is 1. The zero-order valence-corrected chi connectivity index (χ0v) is 20.3. The van der Waals surface area contributed by atoms with E-state index in [1.807, 2.05) is 44.2 Å². The number of anilines is 1. The fourth-order valence-electron chi connectivity index (χ4n) is 3.90. The van der Waals surface area contributed by atoms with Gasteiger partial charge in [0, 0.05) is 5.54 Å². The minimum absolute atomic E-state index is 0.0190. The van der Waals surface area contributed by atoms with E-state index in [2.05, 4.69) is 26.1 Å². The highest BCUT2D eigenvalue weighted by Gasteiger charge is 2.33. The molecule has 1 N–H and O–H groups in total. The average Bonchev–Trinajstić information content (AvgIpc) is 2.60. The van der Waals surface area contributed by atoms with Gasteiger partial charge < -0.3 is 10.1 Å². The van der Waals surface area contributed by atoms with Gasteiger partial charge in [0.15, 0.2) is 0 Å². The molecule has 2 rings (SSSR count). The van der Waals surface area contributed by atoms with Crippen LogP contribution in [-0.2, 0) is 14.8 Å². The Morgan fingerprint density at radius 2 is 1.48 bits per heavy atom. The smallest absolute Gasteiger partial charge is 0.244 e. The molecule has 1 atom stereocenters. The zero-order valence-electron chi connectivity index (χ0n) is 19.5. The van der Waals surface area contributed by atoms with E-state index in [-0.39, 0.29) is 11.3 Å². The molecule has 0 unspecified atom stereocenters. The van der Waals surface area contributed by atoms with Gasteiger partial charge in [0.1, 0.15) is 17.5 Å². The summed E-state index contributed by atoms with van der Waals surface area (Å²) in [4.78, 5) is 13.0. The van der Waals surface area contributed by atoms with Crippen LogP contribution in [0.15, 0.2) is 54.6 Å². The molecule has 0 aliphatic carbocycles. The minimum atomic E-state index is -3.69. The van der Waals surface area contributed by atoms with Crippen molar-refractivity contribution in [1.29, 1.82) is 0 Å². The maximum Gasteiger partial charge on any atom is 0.244 e. The summed E-state index contributed by atoms with van der Waals surface area (Å²) in [5.41, 5.74) is -0.0511. The molecule has 2 aromatic rings. The number of benzene rings is 2. The molecule has 31 heavy (non-hydrogen) atoms. The Labute approximate surface area is 186 Å². The molecule has 0 saturated heterocycles. The topological polar surface area (TPSA) is 75.7 Å². The molecule has 170 valence electrons. The number of nitrogens with one attached hydrogen (secondary N) is 1. The van der Waals surface area contributed by atoms with Gasteiger partial charge in [-0.2, -0.15) is 0 Å². The van der Waals surface area contributed by atoms with Crippen LogP contribution in [0.5, 0.6) is 11.5 Å². The van der Waals surface area contributed by atoms with Gasteiger partial charge in [-0.3, -0.25) is 9.10 Å². The maximum absolute atomic E-state index is 13.0. The minimum Gasteiger partial charge on any atom is -0.457 e. The van der Waals surface area contributed by atoms with Crippen molar-refractivity contribution in [3.05, 3.63) is 54.6 Å². The normalized spacial score (nSPS) is 13.4. The highest BCUT2D eigenvalue weighted by molar-refractivity contribution is 7.92. The van der Waals surface area contributed by atoms with Crippen molar-refractivity contribution < 1.29 is 17.9 Å². The lowest BCUT2D eigenvalue weighted by Gasteiger charge is -2.36. The Morgan fingerprint density at radius 3 is 1.97 bits per heavy atom. The van der Waals surface area contributed by atoms with Crippen LogP contribution in [0.1, 0.15) is 48.0 Å². The summed E-state index contributed by atoms with van der Waals surface area (Å²) < 4.78 is 32.0. The molecule has 0 spiro atoms. The molecular weight excluding hydrogens is 412 g/mol. The summed E-state index contributed by atoms with van der Waals surface area (Å²) >= 11 is 0. The standard InChI is InChI=1S/C24H34N2O4S/c1-18(22(27)25-24(5,6)17-23(2,3)4)26(31(7,28)29)19-13-15-21(16-14-19)30-20-11-9-8-10-12-20/h8-16,18H,17H2,1-7H3,(H,25,27)/t18-/m0/s1. The molecule has 1 amide bonds. The second-order valence-electron chi connectivity index (χ2n) is 9.75. The quantitative estimate of drug-likeness (QED) is 0.621. The highest BCUT2D eigenvalue weighted by atomic mass is 32.2. The maximum atomic E-state index is 13.0. The van der Waals surface area contributed by atoms with E-state index in [0.29, 0.717) is 17.2 Å². The van der Waals surface area contributed by atoms with Crippen molar-refractivity contribution in [3.8, 4) is 11.5 Å². The lowest BCUT2D eigenvalue weighted by molar-refractivity contribution is -0.123. The van der Waals surface area contributed by atoms with E-state index in [1.165, 1.54) is 0 Å². The fourth-order valence-corrected chi connectivity index (χ4v) is 5.08. The summed E-state index contributed by atoms with van der Waals surface area (Å²) in [7, 11) is -3.69. The van der Waals surface area contributed by atoms with Gasteiger partial charge in [-0.05, 0) is 69.0 Å². The van der Waals surface area contributed by atoms with Crippen molar-refractivity contribution >= 4 is 21.6 Å². The predicted octanol–water partition coefficient (Wildman–Crippen LogP) is 4.96. The van der Waals surface area contributed by atoms with Crippen molar-refractivity contribution in [2.45, 2.75) is 59.5 Å². The third-order valence-electron chi connectivity index (χ3n) is 4.59. The first-order chi connectivity index (χ1) is 14.2. The SMILES string of the molecule is C[C@@H](C(=O)NC(C)(C)CC(C)(C)C)N(c1ccc(Oc2ccccc2)cc1)S(C)(=O)=O. The molecular formula is C24H34N2O4S. The Morgan fingerprint density at radius 1 is 0.968 bits per heavy atom. The second-order valence-corrected chi connectivity index (χ2v) is 11.6. The lowest BCUT2D eigenvalue weighted by atomic mass is 9.81. The molecule has 2 aromatic carbocycles. The Balaban J connectivity index is 2.22. The van der Waals surface area contributed by atoms with Crippen LogP contribution >= 0.6 is 0 Å². The molecule has 0 aliphatic rings. The monoisotopic (exact) mass is 446 g/mol. The number of ether oxygens (including phenoxy) is 1. The lowest BCUT2D eigenvalue weighted by Crippen LogP contribution is -2.54. The highest BCUT2D eigenvalue weighted by Crippen LogP contribution is 2.29. The number of carbonyl (C=O) groups is 1. The van der Waals surface area contributed by atoms with E-state index < -0.39 is 21.6 Å². The van der Waals surface area contributed by atoms with Crippen molar-refractivity contribution in [1.82, 2.24) is 5.32 Å². The van der Waals surface area contributed by atoms with Gasteiger partial charge in [0.25, 0.3) is 0 Å². The molecule has 0 bridgehead atoms. The summed E-state index contributed by atoms with van der Waals surface area (Å²) in [5, 5.41) is 3.01. The Kier molecular flexibility index (Phi) is 7.42. The van der Waals surface area contributed by atoms with E-state index in [1.54, 1.807) is 31.2 Å². The van der Waals surface area contributed by atoms with Gasteiger partial charge in [-0.1, -0.05) is 39.0 Å². The number of hydrogen-bond acceptors (Lipinski definition) is 4. The first-order valence-electron chi connectivity index (χ1n) is 10.3. The van der Waals surface area contributed by atoms with Crippen LogP contribution in [0.25, 0.3) is 0 Å². The van der Waals surface area contributed by atoms with Crippen LogP contribution in [0.3, 0.4) is 0 Å². The van der Waals surface area contributed by atoms with Crippen LogP contribution in [0.4, 0.5) is 5.69 Å². The second kappa shape index (κ2) is 9.30. The zero-order chi connectivity index (χ0) is 23.4. The van der Waals surface area contributed by atoms with Crippen LogP contribution < -0.4 is 14.4 Å². The van der Waals surface area contributed by atoms with E-state index in [0.717, 1.165) is 17.0 Å². The number of nitrogens with zero attached hydrogens (tertiary/aromatic N) is 1. The van der Waals surface area contributed by atoms with Crippen molar-refractivity contribution in [2.75, 3.05) is 10.6 Å². The summed E-state index contributed by atoms with van der Waals surface area (Å²) in [6, 6.07) is 15.1. The van der Waals surface area contributed by atoms with Crippen molar-refractivity contribution in [2.24, 2.45) is 5.41 Å². The molecule has 0 aromatic heterocycles. The van der Waals surface area contributed by atoms with E-state index in [9.17, 15) is 13.2 Å².